The smallest absolute Gasteiger partial charge is 0.171 e. The zero-order valence-corrected chi connectivity index (χ0v) is 34.6. The van der Waals surface area contributed by atoms with Crippen LogP contribution >= 0.6 is 0 Å². The molecule has 1 unspecified atom stereocenters. The molecule has 3 saturated carbocycles. The van der Waals surface area contributed by atoms with E-state index in [0.29, 0.717) is 60.1 Å². The maximum atomic E-state index is 15.3. The summed E-state index contributed by atoms with van der Waals surface area (Å²) < 4.78 is 46.4. The Balaban J connectivity index is 0.888. The summed E-state index contributed by atoms with van der Waals surface area (Å²) in [6.45, 7) is 14.0. The van der Waals surface area contributed by atoms with Gasteiger partial charge in [-0.2, -0.15) is 5.10 Å². The molecule has 310 valence electrons. The van der Waals surface area contributed by atoms with Crippen LogP contribution < -0.4 is 0 Å². The number of hydrogen-bond donors (Lipinski definition) is 1. The van der Waals surface area contributed by atoms with Crippen LogP contribution in [0.25, 0.3) is 0 Å². The van der Waals surface area contributed by atoms with Crippen molar-refractivity contribution < 1.29 is 23.4 Å². The lowest BCUT2D eigenvalue weighted by atomic mass is 9.46. The van der Waals surface area contributed by atoms with Crippen molar-refractivity contribution in [3.8, 4) is 0 Å². The molecule has 2 aromatic heterocycles. The molecule has 0 bridgehead atoms. The fraction of sp³-hybridized carbons (Fsp3) is 0.733. The number of halogens is 2. The number of allylic oxidation sites excluding steroid dienone is 2. The van der Waals surface area contributed by atoms with Crippen molar-refractivity contribution in [2.45, 2.75) is 142 Å². The first-order valence-electron chi connectivity index (χ1n) is 22.0. The summed E-state index contributed by atoms with van der Waals surface area (Å²) >= 11 is 0. The number of nitrogens with zero attached hydrogens (tertiary/aromatic N) is 7. The lowest BCUT2D eigenvalue weighted by molar-refractivity contribution is -0.272. The van der Waals surface area contributed by atoms with Crippen LogP contribution in [0.4, 0.5) is 8.78 Å². The molecule has 2 saturated heterocycles. The molecule has 1 spiro atoms. The first-order chi connectivity index (χ1) is 27.3. The summed E-state index contributed by atoms with van der Waals surface area (Å²) in [5.41, 5.74) is 1.26. The molecule has 57 heavy (non-hydrogen) atoms. The van der Waals surface area contributed by atoms with E-state index >= 15 is 4.39 Å². The SMILES string of the molecule is CCCCN(Cc1cn([C@@H]2CC[C@@]3(C)C(=CC[C@H]4[C@@H]5C[C@@H]6O[C@]7(CC[C@@H](C)CO7)[C@@H](C)[C@@H]6[C@@]5(C)CC[C@@H]43)C2)nn1)CC(O)(Cn1cncn1)c1ccc(F)cc1F. The van der Waals surface area contributed by atoms with E-state index in [1.165, 1.54) is 55.2 Å². The third-order valence-corrected chi connectivity index (χ3v) is 16.3. The van der Waals surface area contributed by atoms with E-state index < -0.39 is 17.2 Å². The molecule has 1 N–H and O–H groups in total. The molecule has 5 fully saturated rings. The second kappa shape index (κ2) is 14.9. The van der Waals surface area contributed by atoms with Gasteiger partial charge in [-0.15, -0.1) is 5.10 Å². The summed E-state index contributed by atoms with van der Waals surface area (Å²) in [6.07, 6.45) is 20.1. The average Bonchev–Trinajstić information content (AvgIpc) is 3.97. The normalized spacial score (nSPS) is 38.4. The number of aliphatic hydroxyl groups is 1. The highest BCUT2D eigenvalue weighted by atomic mass is 19.1. The zero-order chi connectivity index (χ0) is 39.7. The highest BCUT2D eigenvalue weighted by Crippen LogP contribution is 2.71. The first kappa shape index (κ1) is 39.4. The molecule has 10 nitrogen and oxygen atoms in total. The van der Waals surface area contributed by atoms with Gasteiger partial charge in [0.1, 0.15) is 29.9 Å². The summed E-state index contributed by atoms with van der Waals surface area (Å²) in [7, 11) is 0. The zero-order valence-electron chi connectivity index (χ0n) is 34.6. The van der Waals surface area contributed by atoms with Gasteiger partial charge in [0.15, 0.2) is 5.79 Å². The Morgan fingerprint density at radius 3 is 2.70 bits per heavy atom. The van der Waals surface area contributed by atoms with E-state index in [-0.39, 0.29) is 35.9 Å². The van der Waals surface area contributed by atoms with Gasteiger partial charge >= 0.3 is 0 Å². The Morgan fingerprint density at radius 1 is 1.09 bits per heavy atom. The molecule has 2 aliphatic heterocycles. The molecular formula is C45H63F2N7O3. The minimum absolute atomic E-state index is 0.0243. The van der Waals surface area contributed by atoms with E-state index in [1.54, 1.807) is 5.57 Å². The van der Waals surface area contributed by atoms with Crippen molar-refractivity contribution in [2.24, 2.45) is 46.3 Å². The summed E-state index contributed by atoms with van der Waals surface area (Å²) in [5, 5.41) is 25.6. The predicted octanol–water partition coefficient (Wildman–Crippen LogP) is 8.25. The maximum Gasteiger partial charge on any atom is 0.171 e. The molecule has 9 rings (SSSR count). The first-order valence-corrected chi connectivity index (χ1v) is 22.0. The van der Waals surface area contributed by atoms with E-state index in [1.807, 2.05) is 0 Å². The van der Waals surface area contributed by atoms with Crippen molar-refractivity contribution in [3.63, 3.8) is 0 Å². The number of unbranched alkanes of at least 4 members (excludes halogenated alkanes) is 1. The van der Waals surface area contributed by atoms with Crippen molar-refractivity contribution >= 4 is 0 Å². The maximum absolute atomic E-state index is 15.3. The second-order valence-electron chi connectivity index (χ2n) is 19.7. The lowest BCUT2D eigenvalue weighted by Crippen LogP contribution is -2.52. The van der Waals surface area contributed by atoms with Gasteiger partial charge in [-0.1, -0.05) is 64.0 Å². The third kappa shape index (κ3) is 6.82. The van der Waals surface area contributed by atoms with Crippen LogP contribution in [-0.2, 0) is 28.2 Å². The number of ether oxygens (including phenoxy) is 2. The standard InChI is InChI=1S/C45H63F2N7O3/c1-6-7-18-52(25-44(55,26-53-28-48-27-49-53)37-11-9-32(46)20-39(37)47)22-33-23-54(51-50-33)34-13-15-42(4)31(19-34)8-10-35-36(42)14-16-43(5)38(35)21-40-41(43)30(3)45(57-40)17-12-29(2)24-56-45/h8-9,11,20,23,27-30,34-36,38,40-41,55H,6-7,10,12-19,21-22,24-26H2,1-5H3/t29-,30+,34-,35-,36+,38+,40+,41+,42+,43+,44?,45-/m1/s1. The molecule has 12 atom stereocenters. The van der Waals surface area contributed by atoms with Gasteiger partial charge in [0.2, 0.25) is 0 Å². The number of rotatable bonds is 11. The minimum atomic E-state index is -1.70. The van der Waals surface area contributed by atoms with Gasteiger partial charge in [-0.05, 0) is 111 Å². The summed E-state index contributed by atoms with van der Waals surface area (Å²) in [4.78, 5) is 6.11. The molecule has 0 radical (unpaired) electrons. The molecule has 0 amide bonds. The largest absolute Gasteiger partial charge is 0.382 e. The van der Waals surface area contributed by atoms with Crippen molar-refractivity contribution in [1.29, 1.82) is 0 Å². The van der Waals surface area contributed by atoms with Gasteiger partial charge < -0.3 is 14.6 Å². The molecule has 4 aliphatic carbocycles. The fourth-order valence-corrected chi connectivity index (χ4v) is 13.3. The van der Waals surface area contributed by atoms with E-state index in [9.17, 15) is 9.50 Å². The van der Waals surface area contributed by atoms with Crippen LogP contribution in [0, 0.1) is 58.0 Å². The van der Waals surface area contributed by atoms with E-state index in [4.69, 9.17) is 9.47 Å². The van der Waals surface area contributed by atoms with Crippen LogP contribution in [0.2, 0.25) is 0 Å². The molecule has 6 aliphatic rings. The van der Waals surface area contributed by atoms with Crippen molar-refractivity contribution in [2.75, 3.05) is 19.7 Å². The van der Waals surface area contributed by atoms with E-state index in [0.717, 1.165) is 63.3 Å². The van der Waals surface area contributed by atoms with E-state index in [2.05, 4.69) is 76.9 Å². The monoisotopic (exact) mass is 787 g/mol. The molecule has 4 heterocycles. The molecule has 12 heteroatoms. The Morgan fingerprint density at radius 2 is 1.95 bits per heavy atom. The topological polar surface area (TPSA) is 103 Å². The van der Waals surface area contributed by atoms with Crippen LogP contribution in [0.3, 0.4) is 0 Å². The molecule has 1 aromatic carbocycles. The van der Waals surface area contributed by atoms with Crippen LogP contribution in [0.1, 0.15) is 123 Å². The average molecular weight is 788 g/mol. The van der Waals surface area contributed by atoms with Crippen molar-refractivity contribution in [3.05, 3.63) is 71.6 Å². The van der Waals surface area contributed by atoms with Gasteiger partial charge in [0.25, 0.3) is 0 Å². The quantitative estimate of drug-likeness (QED) is 0.194. The van der Waals surface area contributed by atoms with Crippen LogP contribution in [-0.4, -0.2) is 71.4 Å². The molecule has 3 aromatic rings. The number of fused-ring (bicyclic) bond motifs is 7. The van der Waals surface area contributed by atoms with Gasteiger partial charge in [-0.25, -0.2) is 23.1 Å². The fourth-order valence-electron chi connectivity index (χ4n) is 13.3. The number of benzene rings is 1. The van der Waals surface area contributed by atoms with Gasteiger partial charge in [0, 0.05) is 37.1 Å². The summed E-state index contributed by atoms with van der Waals surface area (Å²) in [6, 6.07) is 3.58. The third-order valence-electron chi connectivity index (χ3n) is 16.3. The Kier molecular flexibility index (Phi) is 10.3. The number of hydrogen-bond acceptors (Lipinski definition) is 8. The summed E-state index contributed by atoms with van der Waals surface area (Å²) in [5.74, 6) is 1.90. The Labute approximate surface area is 336 Å². The Hall–Kier alpha value is -3.06. The highest BCUT2D eigenvalue weighted by Gasteiger charge is 2.68. The Bertz CT molecular complexity index is 1930. The predicted molar refractivity (Wildman–Crippen MR) is 211 cm³/mol. The highest BCUT2D eigenvalue weighted by molar-refractivity contribution is 5.28. The second-order valence-corrected chi connectivity index (χ2v) is 19.7. The molecular weight excluding hydrogens is 725 g/mol. The number of aromatic nitrogens is 6. The minimum Gasteiger partial charge on any atom is -0.382 e. The van der Waals surface area contributed by atoms with Crippen LogP contribution in [0.5, 0.6) is 0 Å². The van der Waals surface area contributed by atoms with Crippen LogP contribution in [0.15, 0.2) is 48.7 Å². The lowest BCUT2D eigenvalue weighted by Gasteiger charge is -2.58. The van der Waals surface area contributed by atoms with Gasteiger partial charge in [0.05, 0.1) is 37.2 Å². The van der Waals surface area contributed by atoms with Crippen molar-refractivity contribution in [1.82, 2.24) is 34.7 Å². The van der Waals surface area contributed by atoms with Gasteiger partial charge in [-0.3, -0.25) is 4.90 Å².